The van der Waals surface area contributed by atoms with Crippen molar-refractivity contribution >= 4 is 0 Å². The minimum Gasteiger partial charge on any atom is -0.496 e. The average Bonchev–Trinajstić information content (AvgIpc) is 2.43. The molecule has 0 fully saturated rings. The van der Waals surface area contributed by atoms with Gasteiger partial charge in [-0.2, -0.15) is 0 Å². The molecule has 2 N–H and O–H groups in total. The molecule has 0 aliphatic rings. The fraction of sp³-hybridized carbons (Fsp3) is 0.647. The Morgan fingerprint density at radius 3 is 2.58 bits per heavy atom. The van der Waals surface area contributed by atoms with E-state index in [0.717, 1.165) is 23.7 Å². The summed E-state index contributed by atoms with van der Waals surface area (Å²) in [5.74, 6) is 1.68. The van der Waals surface area contributed by atoms with Crippen LogP contribution in [-0.2, 0) is 0 Å². The van der Waals surface area contributed by atoms with Crippen LogP contribution < -0.4 is 10.5 Å². The zero-order valence-corrected chi connectivity index (χ0v) is 12.9. The third kappa shape index (κ3) is 4.87. The van der Waals surface area contributed by atoms with Crippen molar-refractivity contribution in [2.45, 2.75) is 58.9 Å². The number of aryl methyl sites for hydroxylation is 1. The Bertz CT molecular complexity index is 376. The molecule has 1 aromatic carbocycles. The highest BCUT2D eigenvalue weighted by Gasteiger charge is 2.14. The van der Waals surface area contributed by atoms with Gasteiger partial charge in [0.05, 0.1) is 7.11 Å². The normalized spacial score (nSPS) is 14.2. The lowest BCUT2D eigenvalue weighted by Crippen LogP contribution is -2.15. The molecule has 0 heterocycles. The van der Waals surface area contributed by atoms with Crippen molar-refractivity contribution in [2.24, 2.45) is 11.7 Å². The summed E-state index contributed by atoms with van der Waals surface area (Å²) in [5.41, 5.74) is 8.72. The molecule has 2 unspecified atom stereocenters. The van der Waals surface area contributed by atoms with Crippen LogP contribution in [0.3, 0.4) is 0 Å². The maximum absolute atomic E-state index is 6.36. The van der Waals surface area contributed by atoms with Crippen LogP contribution in [0.4, 0.5) is 0 Å². The summed E-state index contributed by atoms with van der Waals surface area (Å²) in [6.45, 7) is 6.57. The number of unbranched alkanes of at least 4 members (excludes halogenated alkanes) is 1. The Labute approximate surface area is 118 Å². The molecule has 0 saturated carbocycles. The van der Waals surface area contributed by atoms with Gasteiger partial charge in [-0.1, -0.05) is 51.7 Å². The zero-order valence-electron chi connectivity index (χ0n) is 12.9. The molecule has 0 aliphatic heterocycles. The largest absolute Gasteiger partial charge is 0.496 e. The van der Waals surface area contributed by atoms with Crippen LogP contribution in [0.5, 0.6) is 5.75 Å². The Morgan fingerprint density at radius 1 is 1.26 bits per heavy atom. The molecule has 2 heteroatoms. The van der Waals surface area contributed by atoms with Gasteiger partial charge in [-0.3, -0.25) is 0 Å². The van der Waals surface area contributed by atoms with Crippen molar-refractivity contribution in [3.05, 3.63) is 29.3 Å². The van der Waals surface area contributed by atoms with Crippen molar-refractivity contribution in [3.63, 3.8) is 0 Å². The van der Waals surface area contributed by atoms with Gasteiger partial charge in [0.25, 0.3) is 0 Å². The molecule has 1 rings (SSSR count). The van der Waals surface area contributed by atoms with Crippen molar-refractivity contribution in [1.82, 2.24) is 0 Å². The summed E-state index contributed by atoms with van der Waals surface area (Å²) < 4.78 is 5.38. The van der Waals surface area contributed by atoms with Crippen LogP contribution in [-0.4, -0.2) is 7.11 Å². The summed E-state index contributed by atoms with van der Waals surface area (Å²) in [7, 11) is 1.72. The van der Waals surface area contributed by atoms with Gasteiger partial charge >= 0.3 is 0 Å². The molecule has 0 amide bonds. The Kier molecular flexibility index (Phi) is 6.93. The van der Waals surface area contributed by atoms with Gasteiger partial charge in [0.1, 0.15) is 5.75 Å². The van der Waals surface area contributed by atoms with Crippen molar-refractivity contribution in [1.29, 1.82) is 0 Å². The van der Waals surface area contributed by atoms with E-state index in [0.29, 0.717) is 0 Å². The minimum atomic E-state index is 0.122. The predicted molar refractivity (Wildman–Crippen MR) is 82.6 cm³/mol. The van der Waals surface area contributed by atoms with E-state index in [1.54, 1.807) is 7.11 Å². The average molecular weight is 263 g/mol. The highest BCUT2D eigenvalue weighted by Crippen LogP contribution is 2.28. The third-order valence-corrected chi connectivity index (χ3v) is 3.99. The SMILES string of the molecule is CCCCC(CC)CC(N)c1ccc(C)c(OC)c1. The molecule has 0 bridgehead atoms. The summed E-state index contributed by atoms with van der Waals surface area (Å²) in [4.78, 5) is 0. The molecule has 108 valence electrons. The van der Waals surface area contributed by atoms with Crippen LogP contribution in [0.25, 0.3) is 0 Å². The Morgan fingerprint density at radius 2 is 2.00 bits per heavy atom. The van der Waals surface area contributed by atoms with Gasteiger partial charge in [0, 0.05) is 6.04 Å². The lowest BCUT2D eigenvalue weighted by molar-refractivity contribution is 0.385. The third-order valence-electron chi connectivity index (χ3n) is 3.99. The van der Waals surface area contributed by atoms with Gasteiger partial charge < -0.3 is 10.5 Å². The number of hydrogen-bond donors (Lipinski definition) is 1. The zero-order chi connectivity index (χ0) is 14.3. The lowest BCUT2D eigenvalue weighted by atomic mass is 9.89. The van der Waals surface area contributed by atoms with E-state index in [-0.39, 0.29) is 6.04 Å². The first-order chi connectivity index (χ1) is 9.12. The van der Waals surface area contributed by atoms with E-state index in [1.165, 1.54) is 31.2 Å². The number of methoxy groups -OCH3 is 1. The molecule has 2 atom stereocenters. The van der Waals surface area contributed by atoms with E-state index in [9.17, 15) is 0 Å². The lowest BCUT2D eigenvalue weighted by Gasteiger charge is -2.20. The van der Waals surface area contributed by atoms with Crippen molar-refractivity contribution < 1.29 is 4.74 Å². The summed E-state index contributed by atoms with van der Waals surface area (Å²) in [5, 5.41) is 0. The maximum Gasteiger partial charge on any atom is 0.122 e. The second-order valence-electron chi connectivity index (χ2n) is 5.49. The standard InChI is InChI=1S/C17H29NO/c1-5-7-8-14(6-2)11-16(18)15-10-9-13(3)17(12-15)19-4/h9-10,12,14,16H,5-8,11,18H2,1-4H3. The van der Waals surface area contributed by atoms with E-state index in [4.69, 9.17) is 10.5 Å². The summed E-state index contributed by atoms with van der Waals surface area (Å²) in [6.07, 6.45) is 6.16. The molecule has 0 radical (unpaired) electrons. The van der Waals surface area contributed by atoms with Gasteiger partial charge in [0.2, 0.25) is 0 Å². The number of ether oxygens (including phenoxy) is 1. The van der Waals surface area contributed by atoms with Crippen LogP contribution in [0.2, 0.25) is 0 Å². The predicted octanol–water partition coefficient (Wildman–Crippen LogP) is 4.61. The summed E-state index contributed by atoms with van der Waals surface area (Å²) >= 11 is 0. The van der Waals surface area contributed by atoms with Gasteiger partial charge in [-0.25, -0.2) is 0 Å². The molecule has 0 saturated heterocycles. The van der Waals surface area contributed by atoms with Gasteiger partial charge in [0.15, 0.2) is 0 Å². The Hall–Kier alpha value is -1.02. The second kappa shape index (κ2) is 8.21. The van der Waals surface area contributed by atoms with E-state index in [1.807, 2.05) is 0 Å². The topological polar surface area (TPSA) is 35.2 Å². The molecule has 0 aliphatic carbocycles. The number of nitrogens with two attached hydrogens (primary N) is 1. The van der Waals surface area contributed by atoms with Crippen LogP contribution in [0.15, 0.2) is 18.2 Å². The first-order valence-corrected chi connectivity index (χ1v) is 7.52. The van der Waals surface area contributed by atoms with E-state index in [2.05, 4.69) is 39.0 Å². The minimum absolute atomic E-state index is 0.122. The molecule has 0 aromatic heterocycles. The molecule has 19 heavy (non-hydrogen) atoms. The van der Waals surface area contributed by atoms with Crippen molar-refractivity contribution in [2.75, 3.05) is 7.11 Å². The Balaban J connectivity index is 2.68. The molecule has 1 aromatic rings. The quantitative estimate of drug-likeness (QED) is 0.743. The fourth-order valence-electron chi connectivity index (χ4n) is 2.54. The molecular weight excluding hydrogens is 234 g/mol. The van der Waals surface area contributed by atoms with E-state index < -0.39 is 0 Å². The highest BCUT2D eigenvalue weighted by atomic mass is 16.5. The van der Waals surface area contributed by atoms with Crippen molar-refractivity contribution in [3.8, 4) is 5.75 Å². The van der Waals surface area contributed by atoms with Crippen LogP contribution in [0.1, 0.15) is 63.1 Å². The first-order valence-electron chi connectivity index (χ1n) is 7.52. The number of rotatable bonds is 8. The van der Waals surface area contributed by atoms with Gasteiger partial charge in [-0.05, 0) is 36.5 Å². The number of benzene rings is 1. The maximum atomic E-state index is 6.36. The second-order valence-corrected chi connectivity index (χ2v) is 5.49. The molecular formula is C17H29NO. The molecule has 2 nitrogen and oxygen atoms in total. The van der Waals surface area contributed by atoms with E-state index >= 15 is 0 Å². The number of hydrogen-bond acceptors (Lipinski definition) is 2. The van der Waals surface area contributed by atoms with Crippen LogP contribution >= 0.6 is 0 Å². The first kappa shape index (κ1) is 16.0. The highest BCUT2D eigenvalue weighted by molar-refractivity contribution is 5.37. The molecule has 0 spiro atoms. The monoisotopic (exact) mass is 263 g/mol. The summed E-state index contributed by atoms with van der Waals surface area (Å²) in [6, 6.07) is 6.44. The van der Waals surface area contributed by atoms with Crippen LogP contribution in [0, 0.1) is 12.8 Å². The fourth-order valence-corrected chi connectivity index (χ4v) is 2.54. The van der Waals surface area contributed by atoms with Gasteiger partial charge in [-0.15, -0.1) is 0 Å². The smallest absolute Gasteiger partial charge is 0.122 e.